The minimum Gasteiger partial charge on any atom is -0.497 e. The molecular formula is C26H35N3O5S. The average Bonchev–Trinajstić information content (AvgIpc) is 3.25. The van der Waals surface area contributed by atoms with E-state index in [1.807, 2.05) is 24.3 Å². The summed E-state index contributed by atoms with van der Waals surface area (Å²) >= 11 is 0. The summed E-state index contributed by atoms with van der Waals surface area (Å²) in [6, 6.07) is 7.64. The highest BCUT2D eigenvalue weighted by Gasteiger charge is 2.36. The Balaban J connectivity index is 1.41. The zero-order valence-electron chi connectivity index (χ0n) is 20.7. The first-order chi connectivity index (χ1) is 16.8. The van der Waals surface area contributed by atoms with Gasteiger partial charge in [-0.25, -0.2) is 8.42 Å². The number of hydrogen-bond donors (Lipinski definition) is 1. The van der Waals surface area contributed by atoms with E-state index in [4.69, 9.17) is 9.26 Å². The van der Waals surface area contributed by atoms with Gasteiger partial charge in [0.1, 0.15) is 11.4 Å². The number of piperidine rings is 1. The molecule has 35 heavy (non-hydrogen) atoms. The molecule has 4 rings (SSSR count). The van der Waals surface area contributed by atoms with Gasteiger partial charge in [-0.1, -0.05) is 43.1 Å². The molecule has 1 aromatic heterocycles. The molecule has 9 heteroatoms. The van der Waals surface area contributed by atoms with Crippen LogP contribution in [0.1, 0.15) is 62.5 Å². The van der Waals surface area contributed by atoms with E-state index >= 15 is 0 Å². The molecule has 0 radical (unpaired) electrons. The maximum absolute atomic E-state index is 13.5. The minimum atomic E-state index is -3.81. The van der Waals surface area contributed by atoms with Crippen LogP contribution >= 0.6 is 0 Å². The second-order valence-corrected chi connectivity index (χ2v) is 11.5. The van der Waals surface area contributed by atoms with Crippen LogP contribution in [0.4, 0.5) is 0 Å². The summed E-state index contributed by atoms with van der Waals surface area (Å²) in [4.78, 5) is 12.9. The van der Waals surface area contributed by atoms with Gasteiger partial charge in [0, 0.05) is 25.0 Å². The van der Waals surface area contributed by atoms with Crippen molar-refractivity contribution in [3.8, 4) is 5.75 Å². The fraction of sp³-hybridized carbons (Fsp3) is 0.538. The highest BCUT2D eigenvalue weighted by molar-refractivity contribution is 7.89. The lowest BCUT2D eigenvalue weighted by molar-refractivity contribution is -0.127. The van der Waals surface area contributed by atoms with E-state index in [0.717, 1.165) is 30.6 Å². The lowest BCUT2D eigenvalue weighted by Gasteiger charge is -2.34. The lowest BCUT2D eigenvalue weighted by Crippen LogP contribution is -2.47. The van der Waals surface area contributed by atoms with Crippen LogP contribution in [-0.4, -0.2) is 50.0 Å². The third kappa shape index (κ3) is 5.78. The molecule has 2 fully saturated rings. The predicted molar refractivity (Wildman–Crippen MR) is 134 cm³/mol. The van der Waals surface area contributed by atoms with Crippen molar-refractivity contribution in [3.63, 3.8) is 0 Å². The fourth-order valence-corrected chi connectivity index (χ4v) is 6.72. The van der Waals surface area contributed by atoms with E-state index in [2.05, 4.69) is 17.4 Å². The molecule has 190 valence electrons. The van der Waals surface area contributed by atoms with E-state index in [1.165, 1.54) is 10.7 Å². The van der Waals surface area contributed by atoms with Crippen molar-refractivity contribution in [3.05, 3.63) is 41.3 Å². The molecule has 0 unspecified atom stereocenters. The quantitative estimate of drug-likeness (QED) is 0.608. The summed E-state index contributed by atoms with van der Waals surface area (Å²) in [7, 11) is -2.20. The average molecular weight is 502 g/mol. The Hall–Kier alpha value is -2.65. The monoisotopic (exact) mass is 501 g/mol. The van der Waals surface area contributed by atoms with E-state index in [0.29, 0.717) is 37.5 Å². The topological polar surface area (TPSA) is 102 Å². The number of amides is 1. The third-order valence-corrected chi connectivity index (χ3v) is 9.30. The minimum absolute atomic E-state index is 0.0603. The molecule has 1 aliphatic carbocycles. The maximum atomic E-state index is 13.5. The van der Waals surface area contributed by atoms with E-state index < -0.39 is 10.0 Å². The van der Waals surface area contributed by atoms with Crippen LogP contribution in [0.2, 0.25) is 0 Å². The molecule has 1 aliphatic heterocycles. The molecule has 1 N–H and O–H groups in total. The highest BCUT2D eigenvalue weighted by Crippen LogP contribution is 2.30. The molecule has 2 atom stereocenters. The molecular weight excluding hydrogens is 466 g/mol. The number of carbonyl (C=O) groups excluding carboxylic acids is 1. The molecule has 1 saturated heterocycles. The molecule has 1 aromatic carbocycles. The van der Waals surface area contributed by atoms with Crippen LogP contribution in [0, 0.1) is 18.8 Å². The number of nitrogens with one attached hydrogen (secondary N) is 1. The van der Waals surface area contributed by atoms with Crippen LogP contribution in [0.3, 0.4) is 0 Å². The number of ether oxygens (including phenoxy) is 1. The number of aryl methyl sites for hydroxylation is 1. The first-order valence-electron chi connectivity index (χ1n) is 12.4. The molecule has 2 heterocycles. The van der Waals surface area contributed by atoms with Gasteiger partial charge in [0.25, 0.3) is 0 Å². The summed E-state index contributed by atoms with van der Waals surface area (Å²) < 4.78 is 39.0. The van der Waals surface area contributed by atoms with Crippen molar-refractivity contribution < 1.29 is 22.5 Å². The Kier molecular flexibility index (Phi) is 7.96. The highest BCUT2D eigenvalue weighted by atomic mass is 32.2. The van der Waals surface area contributed by atoms with Crippen LogP contribution in [0.5, 0.6) is 5.75 Å². The van der Waals surface area contributed by atoms with Crippen molar-refractivity contribution in [1.29, 1.82) is 0 Å². The number of hydrogen-bond acceptors (Lipinski definition) is 6. The fourth-order valence-electron chi connectivity index (χ4n) is 5.00. The normalized spacial score (nSPS) is 22.4. The van der Waals surface area contributed by atoms with Crippen molar-refractivity contribution in [2.24, 2.45) is 11.8 Å². The largest absolute Gasteiger partial charge is 0.497 e. The molecule has 8 nitrogen and oxygen atoms in total. The van der Waals surface area contributed by atoms with Gasteiger partial charge in [-0.3, -0.25) is 4.79 Å². The number of carbonyl (C=O) groups is 1. The van der Waals surface area contributed by atoms with Gasteiger partial charge < -0.3 is 14.6 Å². The van der Waals surface area contributed by atoms with Gasteiger partial charge in [0.15, 0.2) is 10.7 Å². The molecule has 2 aromatic rings. The Morgan fingerprint density at radius 2 is 1.80 bits per heavy atom. The summed E-state index contributed by atoms with van der Waals surface area (Å²) in [6.45, 7) is 4.42. The molecule has 1 amide bonds. The molecule has 0 spiro atoms. The Bertz CT molecular complexity index is 1150. The number of nitrogens with zero attached hydrogens (tertiary/aromatic N) is 2. The zero-order chi connectivity index (χ0) is 25.0. The standard InChI is InChI=1S/C26H35N3O5S/c1-18-6-4-5-7-23(18)27-26(30)21-14-16-29(17-15-21)35(31,32)25-19(2)28-34-24(25)13-10-20-8-11-22(33-3)12-9-20/h8-13,18,21,23H,4-7,14-17H2,1-3H3,(H,27,30)/b13-10-/t18-,23-/m1/s1. The number of sulfonamides is 1. The van der Waals surface area contributed by atoms with Gasteiger partial charge in [-0.05, 0) is 62.3 Å². The van der Waals surface area contributed by atoms with Gasteiger partial charge in [0.05, 0.1) is 7.11 Å². The van der Waals surface area contributed by atoms with Gasteiger partial charge >= 0.3 is 0 Å². The van der Waals surface area contributed by atoms with Gasteiger partial charge in [-0.2, -0.15) is 4.31 Å². The SMILES string of the molecule is COc1ccc(/C=C\c2onc(C)c2S(=O)(=O)N2CCC(C(=O)N[C@@H]3CCCC[C@H]3C)CC2)cc1. The van der Waals surface area contributed by atoms with Crippen LogP contribution < -0.4 is 10.1 Å². The first kappa shape index (κ1) is 25.4. The third-order valence-electron chi connectivity index (χ3n) is 7.24. The summed E-state index contributed by atoms with van der Waals surface area (Å²) in [5.74, 6) is 1.34. The van der Waals surface area contributed by atoms with E-state index in [9.17, 15) is 13.2 Å². The summed E-state index contributed by atoms with van der Waals surface area (Å²) in [6.07, 6.45) is 8.97. The summed E-state index contributed by atoms with van der Waals surface area (Å²) in [5, 5.41) is 7.14. The van der Waals surface area contributed by atoms with Crippen molar-refractivity contribution in [1.82, 2.24) is 14.8 Å². The van der Waals surface area contributed by atoms with E-state index in [-0.39, 0.29) is 28.5 Å². The van der Waals surface area contributed by atoms with Gasteiger partial charge in [0.2, 0.25) is 15.9 Å². The van der Waals surface area contributed by atoms with Crippen molar-refractivity contribution in [2.45, 2.75) is 63.3 Å². The number of benzene rings is 1. The van der Waals surface area contributed by atoms with Crippen molar-refractivity contribution >= 4 is 28.1 Å². The number of rotatable bonds is 7. The Labute approximate surface area is 207 Å². The van der Waals surface area contributed by atoms with Crippen LogP contribution in [0.25, 0.3) is 12.2 Å². The Morgan fingerprint density at radius 3 is 2.46 bits per heavy atom. The smallest absolute Gasteiger partial charge is 0.248 e. The molecule has 1 saturated carbocycles. The number of methoxy groups -OCH3 is 1. The maximum Gasteiger partial charge on any atom is 0.248 e. The predicted octanol–water partition coefficient (Wildman–Crippen LogP) is 4.26. The lowest BCUT2D eigenvalue weighted by atomic mass is 9.85. The van der Waals surface area contributed by atoms with Crippen molar-refractivity contribution in [2.75, 3.05) is 20.2 Å². The molecule has 2 aliphatic rings. The Morgan fingerprint density at radius 1 is 1.11 bits per heavy atom. The van der Waals surface area contributed by atoms with E-state index in [1.54, 1.807) is 26.2 Å². The zero-order valence-corrected chi connectivity index (χ0v) is 21.5. The second-order valence-electron chi connectivity index (χ2n) is 9.62. The molecule has 0 bridgehead atoms. The van der Waals surface area contributed by atoms with Crippen LogP contribution in [0.15, 0.2) is 33.7 Å². The summed E-state index contributed by atoms with van der Waals surface area (Å²) in [5.41, 5.74) is 1.20. The van der Waals surface area contributed by atoms with Gasteiger partial charge in [-0.15, -0.1) is 0 Å². The second kappa shape index (κ2) is 11.0. The number of aromatic nitrogens is 1. The van der Waals surface area contributed by atoms with Crippen LogP contribution in [-0.2, 0) is 14.8 Å². The first-order valence-corrected chi connectivity index (χ1v) is 13.8.